The Morgan fingerprint density at radius 2 is 2.12 bits per heavy atom. The molecule has 1 fully saturated rings. The average Bonchev–Trinajstić information content (AvgIpc) is 2.55. The second-order valence-corrected chi connectivity index (χ2v) is 5.70. The summed E-state index contributed by atoms with van der Waals surface area (Å²) in [5, 5.41) is 11.4. The number of rotatable bonds is 3. The first-order valence-electron chi connectivity index (χ1n) is 8.05. The lowest BCUT2D eigenvalue weighted by Crippen LogP contribution is -2.41. The van der Waals surface area contributed by atoms with Crippen LogP contribution in [0.25, 0.3) is 0 Å². The van der Waals surface area contributed by atoms with Crippen LogP contribution >= 0.6 is 0 Å². The minimum absolute atomic E-state index is 0.0517. The van der Waals surface area contributed by atoms with Crippen molar-refractivity contribution in [1.29, 1.82) is 5.41 Å². The van der Waals surface area contributed by atoms with Gasteiger partial charge in [-0.25, -0.2) is 4.79 Å². The lowest BCUT2D eigenvalue weighted by molar-refractivity contribution is -0.139. The van der Waals surface area contributed by atoms with Crippen molar-refractivity contribution in [1.82, 2.24) is 14.5 Å². The van der Waals surface area contributed by atoms with Crippen molar-refractivity contribution in [3.63, 3.8) is 0 Å². The standard InChI is InChI=1S/C15H22N6O3/c1-4-24-12(22)11-9(2)17-15-19-14(20-5-7-23-8-6-20)18-13(16)21(15)10(11)3/h10H,4-8H2,1-3H3,(H2,16,17,18,19). The highest BCUT2D eigenvalue weighted by molar-refractivity contribution is 5.91. The number of allylic oxidation sites excluding steroid dienone is 1. The Morgan fingerprint density at radius 1 is 1.42 bits per heavy atom. The second-order valence-electron chi connectivity index (χ2n) is 5.70. The number of carbonyl (C=O) groups is 1. The van der Waals surface area contributed by atoms with Gasteiger partial charge in [-0.1, -0.05) is 0 Å². The van der Waals surface area contributed by atoms with Gasteiger partial charge in [0.15, 0.2) is 0 Å². The molecule has 1 saturated heterocycles. The number of esters is 1. The molecule has 24 heavy (non-hydrogen) atoms. The maximum absolute atomic E-state index is 12.2. The molecule has 1 unspecified atom stereocenters. The van der Waals surface area contributed by atoms with Crippen LogP contribution in [0.15, 0.2) is 11.3 Å². The predicted molar refractivity (Wildman–Crippen MR) is 86.6 cm³/mol. The highest BCUT2D eigenvalue weighted by Crippen LogP contribution is 2.29. The van der Waals surface area contributed by atoms with E-state index in [-0.39, 0.29) is 17.6 Å². The summed E-state index contributed by atoms with van der Waals surface area (Å²) in [5.41, 5.74) is 1.23. The molecule has 0 radical (unpaired) electrons. The zero-order chi connectivity index (χ0) is 17.3. The van der Waals surface area contributed by atoms with Gasteiger partial charge >= 0.3 is 5.97 Å². The van der Waals surface area contributed by atoms with E-state index in [0.717, 1.165) is 0 Å². The Morgan fingerprint density at radius 3 is 2.79 bits per heavy atom. The number of morpholine rings is 1. The summed E-state index contributed by atoms with van der Waals surface area (Å²) in [7, 11) is 0. The molecule has 2 aliphatic rings. The summed E-state index contributed by atoms with van der Waals surface area (Å²) < 4.78 is 12.1. The first-order chi connectivity index (χ1) is 11.5. The summed E-state index contributed by atoms with van der Waals surface area (Å²) >= 11 is 0. The Balaban J connectivity index is 1.98. The molecule has 2 N–H and O–H groups in total. The van der Waals surface area contributed by atoms with Gasteiger partial charge in [0.05, 0.1) is 31.4 Å². The minimum atomic E-state index is -0.384. The summed E-state index contributed by atoms with van der Waals surface area (Å²) in [5.74, 6) is 0.626. The number of hydrogen-bond donors (Lipinski definition) is 2. The molecule has 1 aromatic heterocycles. The van der Waals surface area contributed by atoms with E-state index in [1.54, 1.807) is 11.5 Å². The third-order valence-electron chi connectivity index (χ3n) is 4.17. The number of anilines is 2. The van der Waals surface area contributed by atoms with Gasteiger partial charge in [-0.05, 0) is 20.8 Å². The number of hydrogen-bond acceptors (Lipinski definition) is 8. The molecule has 9 heteroatoms. The minimum Gasteiger partial charge on any atom is -0.463 e. The lowest BCUT2D eigenvalue weighted by Gasteiger charge is -2.31. The number of ether oxygens (including phenoxy) is 2. The molecule has 0 saturated carbocycles. The van der Waals surface area contributed by atoms with Crippen LogP contribution in [0.3, 0.4) is 0 Å². The quantitative estimate of drug-likeness (QED) is 0.772. The smallest absolute Gasteiger partial charge is 0.337 e. The molecule has 9 nitrogen and oxygen atoms in total. The fraction of sp³-hybridized carbons (Fsp3) is 0.600. The van der Waals surface area contributed by atoms with Gasteiger partial charge in [-0.3, -0.25) is 9.98 Å². The van der Waals surface area contributed by atoms with Crippen molar-refractivity contribution in [3.05, 3.63) is 16.9 Å². The molecule has 0 aliphatic carbocycles. The molecule has 0 amide bonds. The molecule has 2 aliphatic heterocycles. The first kappa shape index (κ1) is 16.4. The molecule has 0 aromatic carbocycles. The topological polar surface area (TPSA) is 105 Å². The normalized spacial score (nSPS) is 20.5. The third-order valence-corrected chi connectivity index (χ3v) is 4.17. The highest BCUT2D eigenvalue weighted by Gasteiger charge is 2.30. The van der Waals surface area contributed by atoms with E-state index in [2.05, 4.69) is 15.3 Å². The van der Waals surface area contributed by atoms with E-state index >= 15 is 0 Å². The molecular weight excluding hydrogens is 312 g/mol. The second kappa shape index (κ2) is 6.60. The maximum Gasteiger partial charge on any atom is 0.337 e. The Hall–Kier alpha value is -2.42. The molecule has 0 spiro atoms. The van der Waals surface area contributed by atoms with Crippen molar-refractivity contribution in [2.24, 2.45) is 0 Å². The van der Waals surface area contributed by atoms with Gasteiger partial charge < -0.3 is 19.7 Å². The number of nitrogens with zero attached hydrogens (tertiary/aromatic N) is 4. The van der Waals surface area contributed by atoms with Crippen LogP contribution in [0.4, 0.5) is 11.9 Å². The van der Waals surface area contributed by atoms with Crippen LogP contribution in [0, 0.1) is 5.41 Å². The average molecular weight is 334 g/mol. The summed E-state index contributed by atoms with van der Waals surface area (Å²) in [6.45, 7) is 8.36. The molecule has 1 atom stereocenters. The van der Waals surface area contributed by atoms with Gasteiger partial charge in [0.2, 0.25) is 17.5 Å². The van der Waals surface area contributed by atoms with Crippen molar-refractivity contribution < 1.29 is 14.3 Å². The van der Waals surface area contributed by atoms with Gasteiger partial charge in [0, 0.05) is 18.8 Å². The fourth-order valence-electron chi connectivity index (χ4n) is 2.99. The molecule has 3 heterocycles. The SMILES string of the molecule is CCOC(=O)C1=C(C)Nc2nc(N3CCOCC3)nc(=N)n2C1C. The maximum atomic E-state index is 12.2. The Kier molecular flexibility index (Phi) is 4.52. The largest absolute Gasteiger partial charge is 0.463 e. The zero-order valence-corrected chi connectivity index (χ0v) is 14.1. The Bertz CT molecular complexity index is 735. The van der Waals surface area contributed by atoms with Crippen LogP contribution in [0.2, 0.25) is 0 Å². The van der Waals surface area contributed by atoms with E-state index in [1.807, 2.05) is 18.7 Å². The summed E-state index contributed by atoms with van der Waals surface area (Å²) in [6.07, 6.45) is 0. The van der Waals surface area contributed by atoms with E-state index in [9.17, 15) is 4.79 Å². The Labute approximate surface area is 139 Å². The van der Waals surface area contributed by atoms with Crippen molar-refractivity contribution in [2.45, 2.75) is 26.8 Å². The molecule has 130 valence electrons. The third kappa shape index (κ3) is 2.86. The van der Waals surface area contributed by atoms with Gasteiger partial charge in [-0.15, -0.1) is 0 Å². The number of nitrogens with one attached hydrogen (secondary N) is 2. The van der Waals surface area contributed by atoms with E-state index in [0.29, 0.717) is 56.1 Å². The monoisotopic (exact) mass is 334 g/mol. The van der Waals surface area contributed by atoms with Crippen LogP contribution in [0.1, 0.15) is 26.8 Å². The van der Waals surface area contributed by atoms with Gasteiger partial charge in [0.25, 0.3) is 0 Å². The number of aromatic nitrogens is 3. The van der Waals surface area contributed by atoms with Crippen molar-refractivity contribution >= 4 is 17.9 Å². The van der Waals surface area contributed by atoms with Crippen LogP contribution in [0.5, 0.6) is 0 Å². The molecule has 1 aromatic rings. The van der Waals surface area contributed by atoms with E-state index in [4.69, 9.17) is 14.9 Å². The number of carbonyl (C=O) groups excluding carboxylic acids is 1. The van der Waals surface area contributed by atoms with Crippen molar-refractivity contribution in [2.75, 3.05) is 43.1 Å². The van der Waals surface area contributed by atoms with Crippen LogP contribution < -0.4 is 15.8 Å². The predicted octanol–water partition coefficient (Wildman–Crippen LogP) is 0.418. The van der Waals surface area contributed by atoms with Gasteiger partial charge in [0.1, 0.15) is 0 Å². The molecular formula is C15H22N6O3. The van der Waals surface area contributed by atoms with Gasteiger partial charge in [-0.2, -0.15) is 9.97 Å². The zero-order valence-electron chi connectivity index (χ0n) is 14.1. The summed E-state index contributed by atoms with van der Waals surface area (Å²) in [4.78, 5) is 23.0. The van der Waals surface area contributed by atoms with Crippen LogP contribution in [-0.2, 0) is 14.3 Å². The van der Waals surface area contributed by atoms with Crippen molar-refractivity contribution in [3.8, 4) is 0 Å². The first-order valence-corrected chi connectivity index (χ1v) is 8.05. The highest BCUT2D eigenvalue weighted by atomic mass is 16.5. The molecule has 0 bridgehead atoms. The molecule has 3 rings (SSSR count). The van der Waals surface area contributed by atoms with E-state index in [1.165, 1.54) is 0 Å². The lowest BCUT2D eigenvalue weighted by atomic mass is 10.1. The van der Waals surface area contributed by atoms with Crippen LogP contribution in [-0.4, -0.2) is 53.4 Å². The fourth-order valence-corrected chi connectivity index (χ4v) is 2.99. The number of fused-ring (bicyclic) bond motifs is 1. The van der Waals surface area contributed by atoms with E-state index < -0.39 is 0 Å². The summed E-state index contributed by atoms with van der Waals surface area (Å²) in [6, 6.07) is -0.369.